The molecule has 31 heavy (non-hydrogen) atoms. The van der Waals surface area contributed by atoms with E-state index in [1.807, 2.05) is 54.3 Å². The topological polar surface area (TPSA) is 75.2 Å². The zero-order valence-electron chi connectivity index (χ0n) is 18.6. The number of rotatable bonds is 7. The van der Waals surface area contributed by atoms with Gasteiger partial charge in [0.05, 0.1) is 13.7 Å². The molecule has 1 aliphatic rings. The lowest BCUT2D eigenvalue weighted by molar-refractivity contribution is 0.0724. The third-order valence-corrected chi connectivity index (χ3v) is 5.23. The maximum absolute atomic E-state index is 12.8. The molecule has 0 aromatic heterocycles. The Morgan fingerprint density at radius 3 is 2.61 bits per heavy atom. The highest BCUT2D eigenvalue weighted by Crippen LogP contribution is 2.30. The first-order valence-electron chi connectivity index (χ1n) is 10.8. The molecule has 7 nitrogen and oxygen atoms in total. The van der Waals surface area contributed by atoms with Gasteiger partial charge in [0.25, 0.3) is 5.91 Å². The molecule has 2 aromatic rings. The van der Waals surface area contributed by atoms with Gasteiger partial charge >= 0.3 is 0 Å². The van der Waals surface area contributed by atoms with Crippen molar-refractivity contribution in [2.45, 2.75) is 32.7 Å². The van der Waals surface area contributed by atoms with E-state index < -0.39 is 0 Å². The van der Waals surface area contributed by atoms with Gasteiger partial charge < -0.3 is 25.0 Å². The van der Waals surface area contributed by atoms with E-state index >= 15 is 0 Å². The molecule has 1 aliphatic heterocycles. The second-order valence-corrected chi connectivity index (χ2v) is 7.40. The molecule has 0 radical (unpaired) electrons. The van der Waals surface area contributed by atoms with E-state index in [-0.39, 0.29) is 5.91 Å². The van der Waals surface area contributed by atoms with Gasteiger partial charge in [-0.2, -0.15) is 0 Å². The van der Waals surface area contributed by atoms with Crippen LogP contribution in [0.1, 0.15) is 42.1 Å². The number of nitrogens with one attached hydrogen (secondary N) is 2. The third kappa shape index (κ3) is 6.13. The molecule has 2 aromatic carbocycles. The molecule has 7 heteroatoms. The molecular formula is C24H32N4O3. The molecule has 0 saturated carbocycles. The Morgan fingerprint density at radius 1 is 1.10 bits per heavy atom. The summed E-state index contributed by atoms with van der Waals surface area (Å²) >= 11 is 0. The van der Waals surface area contributed by atoms with E-state index in [1.54, 1.807) is 14.2 Å². The first-order chi connectivity index (χ1) is 15.1. The number of hydrogen-bond donors (Lipinski definition) is 2. The number of carbonyl (C=O) groups excluding carboxylic acids is 1. The Labute approximate surface area is 184 Å². The molecule has 0 bridgehead atoms. The maximum Gasteiger partial charge on any atom is 0.253 e. The van der Waals surface area contributed by atoms with Crippen LogP contribution in [-0.4, -0.2) is 50.6 Å². The summed E-state index contributed by atoms with van der Waals surface area (Å²) in [7, 11) is 3.34. The van der Waals surface area contributed by atoms with Crippen molar-refractivity contribution in [3.63, 3.8) is 0 Å². The van der Waals surface area contributed by atoms with Crippen molar-refractivity contribution in [2.75, 3.05) is 39.2 Å². The van der Waals surface area contributed by atoms with Crippen molar-refractivity contribution >= 4 is 17.6 Å². The predicted molar refractivity (Wildman–Crippen MR) is 124 cm³/mol. The van der Waals surface area contributed by atoms with Crippen molar-refractivity contribution in [1.82, 2.24) is 10.2 Å². The molecular weight excluding hydrogens is 392 g/mol. The number of hydrogen-bond acceptors (Lipinski definition) is 4. The number of nitrogens with zero attached hydrogens (tertiary/aromatic N) is 2. The van der Waals surface area contributed by atoms with Gasteiger partial charge in [-0.3, -0.25) is 9.79 Å². The van der Waals surface area contributed by atoms with E-state index in [2.05, 4.69) is 15.6 Å². The fourth-order valence-electron chi connectivity index (χ4n) is 3.62. The third-order valence-electron chi connectivity index (χ3n) is 5.23. The second-order valence-electron chi connectivity index (χ2n) is 7.40. The summed E-state index contributed by atoms with van der Waals surface area (Å²) in [6.45, 7) is 4.76. The number of ether oxygens (including phenoxy) is 2. The van der Waals surface area contributed by atoms with Gasteiger partial charge in [0.2, 0.25) is 0 Å². The summed E-state index contributed by atoms with van der Waals surface area (Å²) in [5, 5.41) is 6.56. The maximum atomic E-state index is 12.8. The summed E-state index contributed by atoms with van der Waals surface area (Å²) in [5.41, 5.74) is 2.60. The first kappa shape index (κ1) is 22.5. The molecule has 1 heterocycles. The van der Waals surface area contributed by atoms with Crippen molar-refractivity contribution in [2.24, 2.45) is 4.99 Å². The van der Waals surface area contributed by atoms with Crippen molar-refractivity contribution < 1.29 is 14.3 Å². The van der Waals surface area contributed by atoms with E-state index in [0.717, 1.165) is 42.7 Å². The summed E-state index contributed by atoms with van der Waals surface area (Å²) < 4.78 is 11.0. The summed E-state index contributed by atoms with van der Waals surface area (Å²) in [5.74, 6) is 2.10. The van der Waals surface area contributed by atoms with Crippen molar-refractivity contribution in [3.8, 4) is 11.5 Å². The fourth-order valence-corrected chi connectivity index (χ4v) is 3.62. The number of aliphatic imine (C=N–C) groups is 1. The lowest BCUT2D eigenvalue weighted by Crippen LogP contribution is -2.35. The quantitative estimate of drug-likeness (QED) is 0.521. The van der Waals surface area contributed by atoms with Crippen molar-refractivity contribution in [1.29, 1.82) is 0 Å². The average molecular weight is 425 g/mol. The number of likely N-dealkylation sites (tertiary alicyclic amines) is 1. The molecule has 1 saturated heterocycles. The van der Waals surface area contributed by atoms with Crippen LogP contribution in [0.3, 0.4) is 0 Å². The molecule has 0 atom stereocenters. The standard InChI is InChI=1S/C24H32N4O3/c1-4-31-21-12-11-20(16-22(21)30-3)27-24(25-2)26-17-18-9-8-10-19(15-18)23(29)28-13-6-5-7-14-28/h8-12,15-16H,4-7,13-14,17H2,1-3H3,(H2,25,26,27). The highest BCUT2D eigenvalue weighted by Gasteiger charge is 2.18. The number of amides is 1. The number of benzene rings is 2. The number of piperidine rings is 1. The number of carbonyl (C=O) groups is 1. The van der Waals surface area contributed by atoms with Crippen LogP contribution in [0, 0.1) is 0 Å². The van der Waals surface area contributed by atoms with Crippen LogP contribution in [0.5, 0.6) is 11.5 Å². The zero-order chi connectivity index (χ0) is 22.1. The van der Waals surface area contributed by atoms with Crippen LogP contribution in [0.25, 0.3) is 0 Å². The summed E-state index contributed by atoms with van der Waals surface area (Å²) in [4.78, 5) is 19.0. The predicted octanol–water partition coefficient (Wildman–Crippen LogP) is 3.91. The summed E-state index contributed by atoms with van der Waals surface area (Å²) in [6.07, 6.45) is 3.39. The molecule has 2 N–H and O–H groups in total. The van der Waals surface area contributed by atoms with Crippen LogP contribution >= 0.6 is 0 Å². The lowest BCUT2D eigenvalue weighted by Gasteiger charge is -2.26. The fraction of sp³-hybridized carbons (Fsp3) is 0.417. The van der Waals surface area contributed by atoms with Crippen LogP contribution in [-0.2, 0) is 6.54 Å². The van der Waals surface area contributed by atoms with Crippen LogP contribution in [0.4, 0.5) is 5.69 Å². The minimum atomic E-state index is 0.116. The Bertz CT molecular complexity index is 907. The highest BCUT2D eigenvalue weighted by molar-refractivity contribution is 5.95. The van der Waals surface area contributed by atoms with Gasteiger partial charge in [-0.05, 0) is 56.0 Å². The summed E-state index contributed by atoms with van der Waals surface area (Å²) in [6, 6.07) is 13.4. The second kappa shape index (κ2) is 11.2. The minimum Gasteiger partial charge on any atom is -0.493 e. The molecule has 1 fully saturated rings. The molecule has 0 spiro atoms. The van der Waals surface area contributed by atoms with Gasteiger partial charge in [-0.1, -0.05) is 12.1 Å². The Kier molecular flexibility index (Phi) is 8.15. The molecule has 1 amide bonds. The average Bonchev–Trinajstić information content (AvgIpc) is 2.83. The van der Waals surface area contributed by atoms with E-state index in [1.165, 1.54) is 6.42 Å². The zero-order valence-corrected chi connectivity index (χ0v) is 18.6. The van der Waals surface area contributed by atoms with E-state index in [0.29, 0.717) is 30.6 Å². The monoisotopic (exact) mass is 424 g/mol. The van der Waals surface area contributed by atoms with Crippen LogP contribution < -0.4 is 20.1 Å². The molecule has 166 valence electrons. The number of guanidine groups is 1. The molecule has 0 aliphatic carbocycles. The van der Waals surface area contributed by atoms with Crippen LogP contribution in [0.2, 0.25) is 0 Å². The first-order valence-corrected chi connectivity index (χ1v) is 10.8. The Morgan fingerprint density at radius 2 is 1.90 bits per heavy atom. The highest BCUT2D eigenvalue weighted by atomic mass is 16.5. The van der Waals surface area contributed by atoms with Gasteiger partial charge in [-0.15, -0.1) is 0 Å². The molecule has 3 rings (SSSR count). The van der Waals surface area contributed by atoms with Gasteiger partial charge in [0.15, 0.2) is 17.5 Å². The molecule has 0 unspecified atom stereocenters. The largest absolute Gasteiger partial charge is 0.493 e. The van der Waals surface area contributed by atoms with E-state index in [4.69, 9.17) is 9.47 Å². The lowest BCUT2D eigenvalue weighted by atomic mass is 10.1. The van der Waals surface area contributed by atoms with Gasteiger partial charge in [0.1, 0.15) is 0 Å². The SMILES string of the molecule is CCOc1ccc(NC(=NC)NCc2cccc(C(=O)N3CCCCC3)c2)cc1OC. The Hall–Kier alpha value is -3.22. The Balaban J connectivity index is 1.61. The van der Waals surface area contributed by atoms with Gasteiger partial charge in [-0.25, -0.2) is 0 Å². The normalized spacial score (nSPS) is 14.2. The smallest absolute Gasteiger partial charge is 0.253 e. The number of anilines is 1. The minimum absolute atomic E-state index is 0.116. The van der Waals surface area contributed by atoms with Crippen molar-refractivity contribution in [3.05, 3.63) is 53.6 Å². The van der Waals surface area contributed by atoms with E-state index in [9.17, 15) is 4.79 Å². The van der Waals surface area contributed by atoms with Crippen LogP contribution in [0.15, 0.2) is 47.5 Å². The number of methoxy groups -OCH3 is 1. The van der Waals surface area contributed by atoms with Gasteiger partial charge in [0, 0.05) is 44.0 Å².